The number of hydrogen-bond donors (Lipinski definition) is 0. The van der Waals surface area contributed by atoms with Crippen LogP contribution in [0, 0.1) is 0 Å². The predicted octanol–water partition coefficient (Wildman–Crippen LogP) is 4.38. The molecular weight excluding hydrogens is 236 g/mol. The van der Waals surface area contributed by atoms with Gasteiger partial charge in [-0.1, -0.05) is 37.8 Å². The summed E-state index contributed by atoms with van der Waals surface area (Å²) in [6, 6.07) is 7.32. The second kappa shape index (κ2) is 5.87. The standard InChI is InChI=1S/C17H20O2/c1-3-14-8-10-15(11-9-14)16(18)19-17(4-2)12-6-5-7-13-17/h3,6,8-12H,1,4-5,7,13H2,2H3. The molecule has 0 saturated heterocycles. The van der Waals surface area contributed by atoms with Gasteiger partial charge in [-0.15, -0.1) is 0 Å². The summed E-state index contributed by atoms with van der Waals surface area (Å²) >= 11 is 0. The molecule has 0 spiro atoms. The highest BCUT2D eigenvalue weighted by atomic mass is 16.6. The first-order valence-electron chi connectivity index (χ1n) is 6.83. The molecule has 2 heteroatoms. The maximum absolute atomic E-state index is 12.2. The SMILES string of the molecule is C=Cc1ccc(C(=O)OC2(CC)C=CCCC2)cc1. The molecule has 0 radical (unpaired) electrons. The zero-order valence-electron chi connectivity index (χ0n) is 11.4. The number of carbonyl (C=O) groups excluding carboxylic acids is 1. The highest BCUT2D eigenvalue weighted by molar-refractivity contribution is 5.90. The molecule has 1 aromatic rings. The van der Waals surface area contributed by atoms with E-state index in [4.69, 9.17) is 4.74 Å². The largest absolute Gasteiger partial charge is 0.451 e. The lowest BCUT2D eigenvalue weighted by Crippen LogP contribution is -2.33. The first-order chi connectivity index (χ1) is 9.19. The van der Waals surface area contributed by atoms with Gasteiger partial charge in [0.2, 0.25) is 0 Å². The summed E-state index contributed by atoms with van der Waals surface area (Å²) in [7, 11) is 0. The van der Waals surface area contributed by atoms with Crippen molar-refractivity contribution in [3.63, 3.8) is 0 Å². The summed E-state index contributed by atoms with van der Waals surface area (Å²) in [5.41, 5.74) is 1.18. The van der Waals surface area contributed by atoms with Crippen LogP contribution in [0.2, 0.25) is 0 Å². The van der Waals surface area contributed by atoms with Crippen LogP contribution in [0.25, 0.3) is 6.08 Å². The van der Waals surface area contributed by atoms with Crippen LogP contribution in [-0.4, -0.2) is 11.6 Å². The first kappa shape index (κ1) is 13.6. The zero-order valence-corrected chi connectivity index (χ0v) is 11.4. The van der Waals surface area contributed by atoms with Crippen molar-refractivity contribution in [2.75, 3.05) is 0 Å². The molecule has 2 rings (SSSR count). The first-order valence-corrected chi connectivity index (χ1v) is 6.83. The third kappa shape index (κ3) is 3.14. The van der Waals surface area contributed by atoms with E-state index in [1.165, 1.54) is 0 Å². The number of hydrogen-bond acceptors (Lipinski definition) is 2. The van der Waals surface area contributed by atoms with Gasteiger partial charge in [0.15, 0.2) is 0 Å². The van der Waals surface area contributed by atoms with Crippen molar-refractivity contribution < 1.29 is 9.53 Å². The van der Waals surface area contributed by atoms with Gasteiger partial charge in [0.1, 0.15) is 5.60 Å². The lowest BCUT2D eigenvalue weighted by atomic mass is 9.88. The monoisotopic (exact) mass is 256 g/mol. The summed E-state index contributed by atoms with van der Waals surface area (Å²) in [5, 5.41) is 0. The molecule has 1 aliphatic carbocycles. The molecule has 0 N–H and O–H groups in total. The predicted molar refractivity (Wildman–Crippen MR) is 78.0 cm³/mol. The average Bonchev–Trinajstić information content (AvgIpc) is 2.48. The van der Waals surface area contributed by atoms with Gasteiger partial charge in [-0.05, 0) is 49.5 Å². The van der Waals surface area contributed by atoms with Crippen LogP contribution < -0.4 is 0 Å². The molecule has 0 aromatic heterocycles. The number of allylic oxidation sites excluding steroid dienone is 1. The van der Waals surface area contributed by atoms with E-state index < -0.39 is 5.60 Å². The molecule has 100 valence electrons. The van der Waals surface area contributed by atoms with E-state index in [1.807, 2.05) is 18.2 Å². The minimum atomic E-state index is -0.410. The second-order valence-electron chi connectivity index (χ2n) is 4.93. The van der Waals surface area contributed by atoms with Crippen LogP contribution >= 0.6 is 0 Å². The van der Waals surface area contributed by atoms with Crippen molar-refractivity contribution >= 4 is 12.0 Å². The molecule has 0 aliphatic heterocycles. The van der Waals surface area contributed by atoms with Crippen LogP contribution in [0.3, 0.4) is 0 Å². The Morgan fingerprint density at radius 1 is 1.42 bits per heavy atom. The summed E-state index contributed by atoms with van der Waals surface area (Å²) in [4.78, 5) is 12.2. The summed E-state index contributed by atoms with van der Waals surface area (Å²) < 4.78 is 5.74. The van der Waals surface area contributed by atoms with Gasteiger partial charge >= 0.3 is 5.97 Å². The van der Waals surface area contributed by atoms with Gasteiger partial charge < -0.3 is 4.74 Å². The van der Waals surface area contributed by atoms with E-state index in [2.05, 4.69) is 19.6 Å². The maximum atomic E-state index is 12.2. The second-order valence-corrected chi connectivity index (χ2v) is 4.93. The number of ether oxygens (including phenoxy) is 1. The van der Waals surface area contributed by atoms with Gasteiger partial charge in [-0.2, -0.15) is 0 Å². The Morgan fingerprint density at radius 2 is 2.16 bits per heavy atom. The Balaban J connectivity index is 2.12. The fourth-order valence-electron chi connectivity index (χ4n) is 2.35. The highest BCUT2D eigenvalue weighted by Crippen LogP contribution is 2.30. The molecule has 19 heavy (non-hydrogen) atoms. The fraction of sp³-hybridized carbons (Fsp3) is 0.353. The minimum absolute atomic E-state index is 0.246. The Kier molecular flexibility index (Phi) is 4.20. The van der Waals surface area contributed by atoms with Crippen molar-refractivity contribution in [3.05, 3.63) is 54.1 Å². The average molecular weight is 256 g/mol. The Morgan fingerprint density at radius 3 is 2.68 bits per heavy atom. The topological polar surface area (TPSA) is 26.3 Å². The van der Waals surface area contributed by atoms with Crippen molar-refractivity contribution in [1.29, 1.82) is 0 Å². The normalized spacial score (nSPS) is 21.9. The third-order valence-electron chi connectivity index (χ3n) is 3.67. The minimum Gasteiger partial charge on any atom is -0.451 e. The van der Waals surface area contributed by atoms with E-state index >= 15 is 0 Å². The van der Waals surface area contributed by atoms with Crippen LogP contribution in [-0.2, 0) is 4.74 Å². The smallest absolute Gasteiger partial charge is 0.338 e. The van der Waals surface area contributed by atoms with E-state index in [0.29, 0.717) is 5.56 Å². The van der Waals surface area contributed by atoms with Gasteiger partial charge in [-0.3, -0.25) is 0 Å². The van der Waals surface area contributed by atoms with E-state index in [-0.39, 0.29) is 5.97 Å². The number of rotatable bonds is 4. The lowest BCUT2D eigenvalue weighted by Gasteiger charge is -2.31. The third-order valence-corrected chi connectivity index (χ3v) is 3.67. The van der Waals surface area contributed by atoms with Crippen LogP contribution in [0.1, 0.15) is 48.5 Å². The van der Waals surface area contributed by atoms with Crippen LogP contribution in [0.4, 0.5) is 0 Å². The van der Waals surface area contributed by atoms with Crippen LogP contribution in [0.5, 0.6) is 0 Å². The van der Waals surface area contributed by atoms with Gasteiger partial charge in [-0.25, -0.2) is 4.79 Å². The number of benzene rings is 1. The fourth-order valence-corrected chi connectivity index (χ4v) is 2.35. The van der Waals surface area contributed by atoms with Crippen molar-refractivity contribution in [3.8, 4) is 0 Å². The molecule has 0 saturated carbocycles. The Hall–Kier alpha value is -1.83. The van der Waals surface area contributed by atoms with E-state index in [1.54, 1.807) is 18.2 Å². The summed E-state index contributed by atoms with van der Waals surface area (Å²) in [5.74, 6) is -0.246. The molecule has 1 unspecified atom stereocenters. The van der Waals surface area contributed by atoms with Gasteiger partial charge in [0, 0.05) is 0 Å². The molecule has 1 atom stereocenters. The van der Waals surface area contributed by atoms with Crippen molar-refractivity contribution in [2.45, 2.75) is 38.2 Å². The molecule has 1 aliphatic rings. The lowest BCUT2D eigenvalue weighted by molar-refractivity contribution is -0.00368. The Bertz CT molecular complexity index is 484. The molecule has 0 fully saturated rings. The van der Waals surface area contributed by atoms with Gasteiger partial charge in [0.05, 0.1) is 5.56 Å². The van der Waals surface area contributed by atoms with E-state index in [9.17, 15) is 4.79 Å². The molecule has 0 bridgehead atoms. The summed E-state index contributed by atoms with van der Waals surface area (Å²) in [6.45, 7) is 5.76. The molecule has 0 heterocycles. The van der Waals surface area contributed by atoms with Crippen molar-refractivity contribution in [1.82, 2.24) is 0 Å². The Labute approximate surface area is 114 Å². The molecule has 2 nitrogen and oxygen atoms in total. The quantitative estimate of drug-likeness (QED) is 0.590. The van der Waals surface area contributed by atoms with Crippen molar-refractivity contribution in [2.24, 2.45) is 0 Å². The summed E-state index contributed by atoms with van der Waals surface area (Å²) in [6.07, 6.45) is 9.80. The van der Waals surface area contributed by atoms with Crippen LogP contribution in [0.15, 0.2) is 43.0 Å². The molecule has 1 aromatic carbocycles. The highest BCUT2D eigenvalue weighted by Gasteiger charge is 2.31. The van der Waals surface area contributed by atoms with E-state index in [0.717, 1.165) is 31.2 Å². The number of carbonyl (C=O) groups is 1. The number of esters is 1. The molecule has 0 amide bonds. The van der Waals surface area contributed by atoms with Gasteiger partial charge in [0.25, 0.3) is 0 Å². The maximum Gasteiger partial charge on any atom is 0.338 e. The molecular formula is C17H20O2. The zero-order chi connectivity index (χ0) is 13.7.